The summed E-state index contributed by atoms with van der Waals surface area (Å²) < 4.78 is 11.6. The van der Waals surface area contributed by atoms with Crippen LogP contribution >= 0.6 is 23.2 Å². The molecule has 1 unspecified atom stereocenters. The van der Waals surface area contributed by atoms with Gasteiger partial charge in [-0.05, 0) is 19.1 Å². The molecule has 0 aliphatic carbocycles. The van der Waals surface area contributed by atoms with Gasteiger partial charge in [-0.3, -0.25) is 9.00 Å². The van der Waals surface area contributed by atoms with Gasteiger partial charge in [0.25, 0.3) is 0 Å². The number of rotatable bonds is 3. The molecular formula is C9H8Cl2O2S. The maximum Gasteiger partial charge on any atom is 0.142 e. The summed E-state index contributed by atoms with van der Waals surface area (Å²) in [6, 6.07) is 4.86. The summed E-state index contributed by atoms with van der Waals surface area (Å²) >= 11 is 11.6. The van der Waals surface area contributed by atoms with Crippen molar-refractivity contribution in [3.05, 3.63) is 28.2 Å². The van der Waals surface area contributed by atoms with E-state index in [1.807, 2.05) is 0 Å². The molecule has 5 heteroatoms. The first-order valence-electron chi connectivity index (χ1n) is 3.84. The molecule has 0 aliphatic rings. The molecule has 0 bridgehead atoms. The Morgan fingerprint density at radius 2 is 1.86 bits per heavy atom. The van der Waals surface area contributed by atoms with Crippen LogP contribution in [0.15, 0.2) is 23.1 Å². The lowest BCUT2D eigenvalue weighted by molar-refractivity contribution is -0.114. The largest absolute Gasteiger partial charge is 0.299 e. The molecular weight excluding hydrogens is 243 g/mol. The number of benzene rings is 1. The normalized spacial score (nSPS) is 12.5. The van der Waals surface area contributed by atoms with Gasteiger partial charge in [-0.1, -0.05) is 29.3 Å². The van der Waals surface area contributed by atoms with Crippen LogP contribution in [0.3, 0.4) is 0 Å². The van der Waals surface area contributed by atoms with Gasteiger partial charge in [-0.25, -0.2) is 0 Å². The summed E-state index contributed by atoms with van der Waals surface area (Å²) in [5.41, 5.74) is 0. The van der Waals surface area contributed by atoms with Gasteiger partial charge in [-0.2, -0.15) is 0 Å². The number of carbonyl (C=O) groups is 1. The van der Waals surface area contributed by atoms with E-state index < -0.39 is 10.8 Å². The van der Waals surface area contributed by atoms with Crippen molar-refractivity contribution in [1.29, 1.82) is 0 Å². The third-order valence-electron chi connectivity index (χ3n) is 1.48. The Kier molecular flexibility index (Phi) is 4.11. The first-order chi connectivity index (χ1) is 6.52. The number of halogens is 2. The summed E-state index contributed by atoms with van der Waals surface area (Å²) in [6.07, 6.45) is 0. The Bertz CT molecular complexity index is 370. The highest BCUT2D eigenvalue weighted by molar-refractivity contribution is 7.86. The molecule has 0 fully saturated rings. The third-order valence-corrected chi connectivity index (χ3v) is 3.90. The molecule has 0 saturated carbocycles. The standard InChI is InChI=1S/C9H8Cl2O2S/c1-6(12)5-14(13)9-7(10)3-2-4-8(9)11/h2-4H,5H2,1H3. The van der Waals surface area contributed by atoms with Gasteiger partial charge < -0.3 is 0 Å². The first-order valence-corrected chi connectivity index (χ1v) is 5.91. The van der Waals surface area contributed by atoms with E-state index in [2.05, 4.69) is 0 Å². The maximum absolute atomic E-state index is 11.6. The zero-order chi connectivity index (χ0) is 10.7. The van der Waals surface area contributed by atoms with Crippen LogP contribution in [0.4, 0.5) is 0 Å². The SMILES string of the molecule is CC(=O)CS(=O)c1c(Cl)cccc1Cl. The van der Waals surface area contributed by atoms with Gasteiger partial charge >= 0.3 is 0 Å². The van der Waals surface area contributed by atoms with Gasteiger partial charge in [0.2, 0.25) is 0 Å². The second-order valence-electron chi connectivity index (χ2n) is 2.74. The fourth-order valence-corrected chi connectivity index (χ4v) is 2.96. The molecule has 1 atom stereocenters. The summed E-state index contributed by atoms with van der Waals surface area (Å²) in [5, 5.41) is 0.661. The van der Waals surface area contributed by atoms with Crippen molar-refractivity contribution in [2.24, 2.45) is 0 Å². The minimum absolute atomic E-state index is 0.0521. The Morgan fingerprint density at radius 1 is 1.36 bits per heavy atom. The Balaban J connectivity index is 3.06. The zero-order valence-corrected chi connectivity index (χ0v) is 9.75. The van der Waals surface area contributed by atoms with Crippen molar-refractivity contribution in [1.82, 2.24) is 0 Å². The number of hydrogen-bond acceptors (Lipinski definition) is 2. The minimum atomic E-state index is -1.45. The Hall–Kier alpha value is -0.380. The minimum Gasteiger partial charge on any atom is -0.299 e. The fourth-order valence-electron chi connectivity index (χ4n) is 0.957. The Labute approximate surface area is 94.7 Å². The highest BCUT2D eigenvalue weighted by atomic mass is 35.5. The van der Waals surface area contributed by atoms with E-state index in [1.54, 1.807) is 18.2 Å². The number of carbonyl (C=O) groups excluding carboxylic acids is 1. The average molecular weight is 251 g/mol. The van der Waals surface area contributed by atoms with Crippen molar-refractivity contribution in [2.45, 2.75) is 11.8 Å². The van der Waals surface area contributed by atoms with E-state index in [0.717, 1.165) is 0 Å². The third kappa shape index (κ3) is 2.80. The fraction of sp³-hybridized carbons (Fsp3) is 0.222. The van der Waals surface area contributed by atoms with Gasteiger partial charge in [0.15, 0.2) is 0 Å². The highest BCUT2D eigenvalue weighted by Gasteiger charge is 2.14. The van der Waals surface area contributed by atoms with Crippen molar-refractivity contribution in [3.8, 4) is 0 Å². The van der Waals surface area contributed by atoms with E-state index in [1.165, 1.54) is 6.92 Å². The van der Waals surface area contributed by atoms with E-state index in [-0.39, 0.29) is 11.5 Å². The molecule has 2 nitrogen and oxygen atoms in total. The number of ketones is 1. The monoisotopic (exact) mass is 250 g/mol. The van der Waals surface area contributed by atoms with Crippen molar-refractivity contribution in [3.63, 3.8) is 0 Å². The Morgan fingerprint density at radius 3 is 2.29 bits per heavy atom. The molecule has 76 valence electrons. The van der Waals surface area contributed by atoms with Gasteiger partial charge in [0.1, 0.15) is 5.78 Å². The van der Waals surface area contributed by atoms with E-state index in [4.69, 9.17) is 23.2 Å². The highest BCUT2D eigenvalue weighted by Crippen LogP contribution is 2.27. The summed E-state index contributed by atoms with van der Waals surface area (Å²) in [4.78, 5) is 11.1. The van der Waals surface area contributed by atoms with E-state index in [9.17, 15) is 9.00 Å². The van der Waals surface area contributed by atoms with Gasteiger partial charge in [0.05, 0.1) is 31.5 Å². The summed E-state index contributed by atoms with van der Waals surface area (Å²) in [7, 11) is -1.45. The molecule has 0 amide bonds. The van der Waals surface area contributed by atoms with Crippen LogP contribution in [0.5, 0.6) is 0 Å². The number of hydrogen-bond donors (Lipinski definition) is 0. The predicted octanol–water partition coefficient (Wildman–Crippen LogP) is 2.69. The average Bonchev–Trinajstić information content (AvgIpc) is 2.01. The molecule has 0 radical (unpaired) electrons. The van der Waals surface area contributed by atoms with Crippen LogP contribution in [-0.2, 0) is 15.6 Å². The lowest BCUT2D eigenvalue weighted by Gasteiger charge is -2.04. The molecule has 0 spiro atoms. The molecule has 0 aromatic heterocycles. The van der Waals surface area contributed by atoms with Gasteiger partial charge in [-0.15, -0.1) is 0 Å². The molecule has 0 saturated heterocycles. The summed E-state index contributed by atoms with van der Waals surface area (Å²) in [5.74, 6) is -0.206. The maximum atomic E-state index is 11.6. The van der Waals surface area contributed by atoms with Crippen LogP contribution in [0.1, 0.15) is 6.92 Å². The van der Waals surface area contributed by atoms with Gasteiger partial charge in [0, 0.05) is 0 Å². The zero-order valence-electron chi connectivity index (χ0n) is 7.42. The molecule has 14 heavy (non-hydrogen) atoms. The smallest absolute Gasteiger partial charge is 0.142 e. The van der Waals surface area contributed by atoms with Crippen molar-refractivity contribution in [2.75, 3.05) is 5.75 Å². The van der Waals surface area contributed by atoms with E-state index in [0.29, 0.717) is 14.9 Å². The molecule has 1 aromatic rings. The van der Waals surface area contributed by atoms with Crippen molar-refractivity contribution < 1.29 is 9.00 Å². The van der Waals surface area contributed by atoms with E-state index >= 15 is 0 Å². The lowest BCUT2D eigenvalue weighted by Crippen LogP contribution is -2.07. The number of Topliss-reactive ketones (excluding diaryl/α,β-unsaturated/α-hetero) is 1. The van der Waals surface area contributed by atoms with Crippen LogP contribution in [0, 0.1) is 0 Å². The summed E-state index contributed by atoms with van der Waals surface area (Å²) in [6.45, 7) is 1.38. The van der Waals surface area contributed by atoms with Crippen LogP contribution in [0.2, 0.25) is 10.0 Å². The molecule has 0 aliphatic heterocycles. The molecule has 1 aromatic carbocycles. The molecule has 0 heterocycles. The van der Waals surface area contributed by atoms with Crippen LogP contribution in [-0.4, -0.2) is 15.7 Å². The predicted molar refractivity (Wildman–Crippen MR) is 58.4 cm³/mol. The van der Waals surface area contributed by atoms with Crippen molar-refractivity contribution >= 4 is 39.8 Å². The second-order valence-corrected chi connectivity index (χ2v) is 4.95. The van der Waals surface area contributed by atoms with Crippen LogP contribution in [0.25, 0.3) is 0 Å². The van der Waals surface area contributed by atoms with Crippen LogP contribution < -0.4 is 0 Å². The quantitative estimate of drug-likeness (QED) is 0.827. The molecule has 1 rings (SSSR count). The second kappa shape index (κ2) is 4.91. The lowest BCUT2D eigenvalue weighted by atomic mass is 10.4. The first kappa shape index (κ1) is 11.7. The topological polar surface area (TPSA) is 34.1 Å². The molecule has 0 N–H and O–H groups in total.